The van der Waals surface area contributed by atoms with Gasteiger partial charge in [0.15, 0.2) is 6.10 Å². The second-order valence-corrected chi connectivity index (χ2v) is 5.60. The van der Waals surface area contributed by atoms with Gasteiger partial charge < -0.3 is 9.47 Å². The van der Waals surface area contributed by atoms with E-state index in [4.69, 9.17) is 9.47 Å². The number of nitro benzene ring substituents is 1. The van der Waals surface area contributed by atoms with Gasteiger partial charge in [0, 0.05) is 17.7 Å². The second kappa shape index (κ2) is 8.24. The Labute approximate surface area is 150 Å². The summed E-state index contributed by atoms with van der Waals surface area (Å²) in [5, 5.41) is 10.9. The Morgan fingerprint density at radius 1 is 1.15 bits per heavy atom. The number of carbonyl (C=O) groups is 2. The van der Waals surface area contributed by atoms with E-state index < -0.39 is 17.0 Å². The lowest BCUT2D eigenvalue weighted by Gasteiger charge is -2.14. The molecule has 0 saturated carbocycles. The van der Waals surface area contributed by atoms with Gasteiger partial charge in [-0.2, -0.15) is 0 Å². The average Bonchev–Trinajstić information content (AvgIpc) is 2.66. The summed E-state index contributed by atoms with van der Waals surface area (Å²) in [5.74, 6) is -1.09. The fourth-order valence-electron chi connectivity index (χ4n) is 2.39. The lowest BCUT2D eigenvalue weighted by Crippen LogP contribution is -2.24. The van der Waals surface area contributed by atoms with Gasteiger partial charge in [-0.15, -0.1) is 0 Å². The third-order valence-corrected chi connectivity index (χ3v) is 3.91. The highest BCUT2D eigenvalue weighted by atomic mass is 16.6. The zero-order valence-electron chi connectivity index (χ0n) is 14.7. The molecule has 0 aliphatic heterocycles. The molecular formula is C19H19NO6. The van der Waals surface area contributed by atoms with Gasteiger partial charge in [0.1, 0.15) is 11.3 Å². The number of Topliss-reactive ketones (excluding diaryl/α,β-unsaturated/α-hetero) is 1. The summed E-state index contributed by atoms with van der Waals surface area (Å²) >= 11 is 0. The molecule has 7 nitrogen and oxygen atoms in total. The number of methoxy groups -OCH3 is 1. The zero-order chi connectivity index (χ0) is 19.3. The summed E-state index contributed by atoms with van der Waals surface area (Å²) in [7, 11) is 1.34. The molecule has 0 saturated heterocycles. The Hall–Kier alpha value is -3.22. The molecule has 0 heterocycles. The number of aryl methyl sites for hydroxylation is 1. The molecule has 2 aromatic rings. The van der Waals surface area contributed by atoms with Gasteiger partial charge in [0.2, 0.25) is 5.78 Å². The Morgan fingerprint density at radius 2 is 1.81 bits per heavy atom. The number of nitro groups is 1. The van der Waals surface area contributed by atoms with Crippen LogP contribution in [0.2, 0.25) is 0 Å². The van der Waals surface area contributed by atoms with Crippen molar-refractivity contribution in [1.82, 2.24) is 0 Å². The standard InChI is InChI=1S/C19H19NO6/c1-4-13-5-7-14(8-6-13)18(21)12(2)26-19(22)16-11-15(20(23)24)9-10-17(16)25-3/h5-12H,4H2,1-3H3/t12-/m0/s1. The lowest BCUT2D eigenvalue weighted by molar-refractivity contribution is -0.384. The number of ether oxygens (including phenoxy) is 2. The molecule has 0 N–H and O–H groups in total. The van der Waals surface area contributed by atoms with Crippen LogP contribution in [0.3, 0.4) is 0 Å². The molecule has 0 aliphatic carbocycles. The SMILES string of the molecule is CCc1ccc(C(=O)[C@H](C)OC(=O)c2cc([N+](=O)[O-])ccc2OC)cc1. The van der Waals surface area contributed by atoms with E-state index in [-0.39, 0.29) is 22.8 Å². The summed E-state index contributed by atoms with van der Waals surface area (Å²) in [6.07, 6.45) is -0.190. The van der Waals surface area contributed by atoms with Crippen LogP contribution < -0.4 is 4.74 Å². The first-order chi connectivity index (χ1) is 12.4. The molecular weight excluding hydrogens is 338 g/mol. The van der Waals surface area contributed by atoms with Crippen molar-refractivity contribution < 1.29 is 24.0 Å². The van der Waals surface area contributed by atoms with Gasteiger partial charge in [0.05, 0.1) is 12.0 Å². The number of esters is 1. The summed E-state index contributed by atoms with van der Waals surface area (Å²) in [4.78, 5) is 35.1. The normalized spacial score (nSPS) is 11.5. The minimum atomic E-state index is -1.04. The van der Waals surface area contributed by atoms with Crippen molar-refractivity contribution in [3.8, 4) is 5.75 Å². The molecule has 0 fully saturated rings. The number of hydrogen-bond acceptors (Lipinski definition) is 6. The number of rotatable bonds is 7. The topological polar surface area (TPSA) is 95.7 Å². The van der Waals surface area contributed by atoms with Crippen LogP contribution in [0.5, 0.6) is 5.75 Å². The molecule has 0 bridgehead atoms. The van der Waals surface area contributed by atoms with E-state index in [1.807, 2.05) is 19.1 Å². The number of carbonyl (C=O) groups excluding carboxylic acids is 2. The highest BCUT2D eigenvalue weighted by Crippen LogP contribution is 2.25. The largest absolute Gasteiger partial charge is 0.496 e. The van der Waals surface area contributed by atoms with Crippen molar-refractivity contribution in [3.05, 3.63) is 69.3 Å². The first kappa shape index (κ1) is 19.1. The molecule has 1 atom stereocenters. The van der Waals surface area contributed by atoms with Gasteiger partial charge in [0.25, 0.3) is 5.69 Å². The van der Waals surface area contributed by atoms with Crippen LogP contribution in [0.25, 0.3) is 0 Å². The van der Waals surface area contributed by atoms with Gasteiger partial charge >= 0.3 is 5.97 Å². The third kappa shape index (κ3) is 4.24. The Bertz CT molecular complexity index is 828. The molecule has 7 heteroatoms. The lowest BCUT2D eigenvalue weighted by atomic mass is 10.0. The van der Waals surface area contributed by atoms with E-state index in [9.17, 15) is 19.7 Å². The summed E-state index contributed by atoms with van der Waals surface area (Å²) < 4.78 is 10.2. The number of ketones is 1. The number of benzene rings is 2. The van der Waals surface area contributed by atoms with Crippen molar-refractivity contribution in [1.29, 1.82) is 0 Å². The second-order valence-electron chi connectivity index (χ2n) is 5.60. The quantitative estimate of drug-likeness (QED) is 0.325. The maximum atomic E-state index is 12.4. The van der Waals surface area contributed by atoms with Crippen LogP contribution in [-0.2, 0) is 11.2 Å². The molecule has 0 aromatic heterocycles. The third-order valence-electron chi connectivity index (χ3n) is 3.91. The van der Waals surface area contributed by atoms with Crippen molar-refractivity contribution in [3.63, 3.8) is 0 Å². The molecule has 0 aliphatic rings. The summed E-state index contributed by atoms with van der Waals surface area (Å²) in [6, 6.07) is 10.6. The minimum absolute atomic E-state index is 0.109. The van der Waals surface area contributed by atoms with Gasteiger partial charge in [-0.1, -0.05) is 31.2 Å². The highest BCUT2D eigenvalue weighted by Gasteiger charge is 2.24. The predicted octanol–water partition coefficient (Wildman–Crippen LogP) is 3.59. The molecule has 0 unspecified atom stereocenters. The predicted molar refractivity (Wildman–Crippen MR) is 94.7 cm³/mol. The molecule has 2 rings (SSSR count). The van der Waals surface area contributed by atoms with E-state index >= 15 is 0 Å². The van der Waals surface area contributed by atoms with Crippen molar-refractivity contribution >= 4 is 17.4 Å². The first-order valence-corrected chi connectivity index (χ1v) is 8.04. The van der Waals surface area contributed by atoms with Crippen LogP contribution in [0.15, 0.2) is 42.5 Å². The van der Waals surface area contributed by atoms with E-state index in [0.29, 0.717) is 5.56 Å². The van der Waals surface area contributed by atoms with Crippen LogP contribution in [0.1, 0.15) is 40.1 Å². The molecule has 0 spiro atoms. The molecule has 2 aromatic carbocycles. The van der Waals surface area contributed by atoms with Crippen molar-refractivity contribution in [2.75, 3.05) is 7.11 Å². The molecule has 136 valence electrons. The van der Waals surface area contributed by atoms with E-state index in [2.05, 4.69) is 0 Å². The number of hydrogen-bond donors (Lipinski definition) is 0. The monoisotopic (exact) mass is 357 g/mol. The van der Waals surface area contributed by atoms with Crippen molar-refractivity contribution in [2.24, 2.45) is 0 Å². The van der Waals surface area contributed by atoms with Crippen LogP contribution in [-0.4, -0.2) is 29.9 Å². The Balaban J connectivity index is 2.18. The minimum Gasteiger partial charge on any atom is -0.496 e. The summed E-state index contributed by atoms with van der Waals surface area (Å²) in [5.41, 5.74) is 1.13. The number of non-ortho nitro benzene ring substituents is 1. The molecule has 26 heavy (non-hydrogen) atoms. The maximum absolute atomic E-state index is 12.4. The van der Waals surface area contributed by atoms with Gasteiger partial charge in [-0.3, -0.25) is 14.9 Å². The molecule has 0 radical (unpaired) electrons. The van der Waals surface area contributed by atoms with Crippen LogP contribution >= 0.6 is 0 Å². The van der Waals surface area contributed by atoms with Gasteiger partial charge in [-0.25, -0.2) is 4.79 Å². The van der Waals surface area contributed by atoms with Crippen molar-refractivity contribution in [2.45, 2.75) is 26.4 Å². The van der Waals surface area contributed by atoms with Crippen LogP contribution in [0, 0.1) is 10.1 Å². The highest BCUT2D eigenvalue weighted by molar-refractivity contribution is 6.02. The fraction of sp³-hybridized carbons (Fsp3) is 0.263. The Morgan fingerprint density at radius 3 is 2.35 bits per heavy atom. The Kier molecular flexibility index (Phi) is 6.06. The van der Waals surface area contributed by atoms with E-state index in [0.717, 1.165) is 18.1 Å². The number of nitrogens with zero attached hydrogens (tertiary/aromatic N) is 1. The maximum Gasteiger partial charge on any atom is 0.342 e. The average molecular weight is 357 g/mol. The first-order valence-electron chi connectivity index (χ1n) is 8.04. The smallest absolute Gasteiger partial charge is 0.342 e. The zero-order valence-corrected chi connectivity index (χ0v) is 14.7. The van der Waals surface area contributed by atoms with Gasteiger partial charge in [-0.05, 0) is 25.0 Å². The van der Waals surface area contributed by atoms with E-state index in [1.165, 1.54) is 26.2 Å². The van der Waals surface area contributed by atoms with Crippen LogP contribution in [0.4, 0.5) is 5.69 Å². The fourth-order valence-corrected chi connectivity index (χ4v) is 2.39. The summed E-state index contributed by atoms with van der Waals surface area (Å²) in [6.45, 7) is 3.46. The molecule has 0 amide bonds. The van der Waals surface area contributed by atoms with E-state index in [1.54, 1.807) is 12.1 Å².